The van der Waals surface area contributed by atoms with E-state index in [0.717, 1.165) is 32.1 Å². The summed E-state index contributed by atoms with van der Waals surface area (Å²) >= 11 is 0. The number of ether oxygens (including phenoxy) is 2. The number of aliphatic hydroxyl groups excluding tert-OH is 1. The molecule has 0 amide bonds. The van der Waals surface area contributed by atoms with Crippen molar-refractivity contribution < 1.29 is 38.8 Å². The number of rotatable bonds is 4. The van der Waals surface area contributed by atoms with E-state index in [1.165, 1.54) is 6.08 Å². The second-order valence-corrected chi connectivity index (χ2v) is 7.51. The summed E-state index contributed by atoms with van der Waals surface area (Å²) in [6, 6.07) is -1.26. The third-order valence-electron chi connectivity index (χ3n) is 5.61. The first-order valence-corrected chi connectivity index (χ1v) is 9.36. The first kappa shape index (κ1) is 20.2. The van der Waals surface area contributed by atoms with Crippen LogP contribution < -0.4 is 5.32 Å². The monoisotopic (exact) mass is 387 g/mol. The highest BCUT2D eigenvalue weighted by Crippen LogP contribution is 2.41. The van der Waals surface area contributed by atoms with Crippen molar-refractivity contribution in [2.24, 2.45) is 5.92 Å². The van der Waals surface area contributed by atoms with Crippen LogP contribution in [0.5, 0.6) is 0 Å². The second-order valence-electron chi connectivity index (χ2n) is 7.51. The zero-order valence-electron chi connectivity index (χ0n) is 15.0. The van der Waals surface area contributed by atoms with Gasteiger partial charge < -0.3 is 30.1 Å². The summed E-state index contributed by atoms with van der Waals surface area (Å²) in [5.41, 5.74) is -0.271. The molecular formula is C18H26FNO7. The zero-order valence-corrected chi connectivity index (χ0v) is 15.0. The van der Waals surface area contributed by atoms with Gasteiger partial charge in [-0.15, -0.1) is 0 Å². The smallest absolute Gasteiger partial charge is 0.309 e. The number of esters is 2. The van der Waals surface area contributed by atoms with Crippen LogP contribution in [0.25, 0.3) is 0 Å². The Kier molecular flexibility index (Phi) is 5.85. The van der Waals surface area contributed by atoms with Gasteiger partial charge in [0.1, 0.15) is 12.8 Å². The van der Waals surface area contributed by atoms with Crippen LogP contribution in [-0.2, 0) is 19.1 Å². The molecule has 4 N–H and O–H groups in total. The maximum Gasteiger partial charge on any atom is 0.309 e. The van der Waals surface area contributed by atoms with E-state index < -0.39 is 48.8 Å². The third-order valence-corrected chi connectivity index (χ3v) is 5.61. The molecule has 0 aromatic rings. The molecule has 0 aromatic carbocycles. The quantitative estimate of drug-likeness (QED) is 0.394. The van der Waals surface area contributed by atoms with Crippen LogP contribution in [0.2, 0.25) is 0 Å². The van der Waals surface area contributed by atoms with Crippen LogP contribution in [0, 0.1) is 5.92 Å². The van der Waals surface area contributed by atoms with Crippen molar-refractivity contribution in [2.75, 3.05) is 13.2 Å². The summed E-state index contributed by atoms with van der Waals surface area (Å²) in [6.07, 6.45) is 3.68. The Balaban J connectivity index is 1.92. The van der Waals surface area contributed by atoms with Crippen LogP contribution in [0.15, 0.2) is 11.6 Å². The molecule has 0 spiro atoms. The number of hydrogen-bond acceptors (Lipinski definition) is 8. The van der Waals surface area contributed by atoms with E-state index >= 15 is 0 Å². The minimum atomic E-state index is -3.01. The Bertz CT molecular complexity index is 621. The van der Waals surface area contributed by atoms with E-state index in [4.69, 9.17) is 9.47 Å². The minimum absolute atomic E-state index is 0.271. The topological polar surface area (TPSA) is 125 Å². The molecule has 3 aliphatic rings. The predicted octanol–water partition coefficient (Wildman–Crippen LogP) is 0.0527. The second kappa shape index (κ2) is 7.83. The van der Waals surface area contributed by atoms with Crippen LogP contribution in [0.3, 0.4) is 0 Å². The summed E-state index contributed by atoms with van der Waals surface area (Å²) in [7, 11) is 0. The SMILES string of the molecule is O=C1CCC(=O)O[C@@]2(O)[C@@H](O)C(CF)=C[C@@H](NCC3CCCCC3)[C@]2(O)O1. The van der Waals surface area contributed by atoms with Crippen LogP contribution in [-0.4, -0.2) is 64.2 Å². The number of fused-ring (bicyclic) bond motifs is 1. The summed E-state index contributed by atoms with van der Waals surface area (Å²) < 4.78 is 23.4. The van der Waals surface area contributed by atoms with Gasteiger partial charge in [-0.25, -0.2) is 4.39 Å². The number of halogens is 1. The van der Waals surface area contributed by atoms with Gasteiger partial charge in [0.25, 0.3) is 5.79 Å². The molecule has 0 aromatic heterocycles. The third kappa shape index (κ3) is 3.73. The summed E-state index contributed by atoms with van der Waals surface area (Å²) in [6.45, 7) is -0.701. The molecule has 1 heterocycles. The predicted molar refractivity (Wildman–Crippen MR) is 89.7 cm³/mol. The number of alkyl halides is 1. The highest BCUT2D eigenvalue weighted by molar-refractivity contribution is 5.79. The fraction of sp³-hybridized carbons (Fsp3) is 0.778. The van der Waals surface area contributed by atoms with Crippen molar-refractivity contribution in [1.29, 1.82) is 0 Å². The normalized spacial score (nSPS) is 38.1. The number of carbonyl (C=O) groups is 2. The van der Waals surface area contributed by atoms with Gasteiger partial charge in [0.05, 0.1) is 18.9 Å². The summed E-state index contributed by atoms with van der Waals surface area (Å²) in [5, 5.41) is 35.2. The highest BCUT2D eigenvalue weighted by Gasteiger charge is 2.68. The Morgan fingerprint density at radius 2 is 1.67 bits per heavy atom. The van der Waals surface area contributed by atoms with Crippen LogP contribution in [0.4, 0.5) is 4.39 Å². The van der Waals surface area contributed by atoms with Gasteiger partial charge in [-0.2, -0.15) is 0 Å². The van der Waals surface area contributed by atoms with Crippen molar-refractivity contribution in [3.05, 3.63) is 11.6 Å². The van der Waals surface area contributed by atoms with Gasteiger partial charge in [0, 0.05) is 0 Å². The lowest BCUT2D eigenvalue weighted by molar-refractivity contribution is -0.392. The number of hydrogen-bond donors (Lipinski definition) is 4. The van der Waals surface area contributed by atoms with E-state index in [2.05, 4.69) is 5.32 Å². The molecule has 3 rings (SSSR count). The van der Waals surface area contributed by atoms with Gasteiger partial charge in [0.15, 0.2) is 0 Å². The lowest BCUT2D eigenvalue weighted by Gasteiger charge is -2.50. The first-order chi connectivity index (χ1) is 12.8. The molecule has 4 atom stereocenters. The Morgan fingerprint density at radius 1 is 1.07 bits per heavy atom. The van der Waals surface area contributed by atoms with E-state index in [1.807, 2.05) is 0 Å². The van der Waals surface area contributed by atoms with Gasteiger partial charge in [-0.1, -0.05) is 25.3 Å². The average molecular weight is 387 g/mol. The zero-order chi connectivity index (χ0) is 19.7. The molecule has 1 saturated heterocycles. The number of nitrogens with one attached hydrogen (secondary N) is 1. The molecular weight excluding hydrogens is 361 g/mol. The summed E-state index contributed by atoms with van der Waals surface area (Å²) in [4.78, 5) is 23.9. The summed E-state index contributed by atoms with van der Waals surface area (Å²) in [5.74, 6) is -7.41. The van der Waals surface area contributed by atoms with Crippen molar-refractivity contribution in [3.8, 4) is 0 Å². The van der Waals surface area contributed by atoms with E-state index in [0.29, 0.717) is 12.5 Å². The largest absolute Gasteiger partial charge is 0.424 e. The molecule has 0 unspecified atom stereocenters. The molecule has 1 saturated carbocycles. The molecule has 2 aliphatic carbocycles. The van der Waals surface area contributed by atoms with Gasteiger partial charge in [0.2, 0.25) is 0 Å². The van der Waals surface area contributed by atoms with E-state index in [1.54, 1.807) is 0 Å². The van der Waals surface area contributed by atoms with Crippen molar-refractivity contribution >= 4 is 11.9 Å². The minimum Gasteiger partial charge on any atom is -0.424 e. The highest BCUT2D eigenvalue weighted by atomic mass is 19.1. The van der Waals surface area contributed by atoms with Crippen molar-refractivity contribution in [3.63, 3.8) is 0 Å². The Morgan fingerprint density at radius 3 is 2.26 bits per heavy atom. The van der Waals surface area contributed by atoms with E-state index in [9.17, 15) is 29.3 Å². The molecule has 27 heavy (non-hydrogen) atoms. The van der Waals surface area contributed by atoms with Crippen molar-refractivity contribution in [1.82, 2.24) is 5.32 Å². The average Bonchev–Trinajstić information content (AvgIpc) is 2.65. The number of carbonyl (C=O) groups excluding carboxylic acids is 2. The molecule has 152 valence electrons. The molecule has 2 fully saturated rings. The van der Waals surface area contributed by atoms with Gasteiger partial charge in [-0.3, -0.25) is 9.59 Å². The fourth-order valence-corrected chi connectivity index (χ4v) is 4.01. The lowest BCUT2D eigenvalue weighted by atomic mass is 9.81. The molecule has 1 aliphatic heterocycles. The van der Waals surface area contributed by atoms with Gasteiger partial charge in [-0.05, 0) is 30.9 Å². The fourth-order valence-electron chi connectivity index (χ4n) is 4.01. The maximum atomic E-state index is 13.4. The lowest BCUT2D eigenvalue weighted by Crippen LogP contribution is -2.75. The van der Waals surface area contributed by atoms with Crippen LogP contribution in [0.1, 0.15) is 44.9 Å². The van der Waals surface area contributed by atoms with E-state index in [-0.39, 0.29) is 12.0 Å². The molecule has 9 heteroatoms. The van der Waals surface area contributed by atoms with Gasteiger partial charge >= 0.3 is 17.7 Å². The van der Waals surface area contributed by atoms with Crippen LogP contribution >= 0.6 is 0 Å². The maximum absolute atomic E-state index is 13.4. The standard InChI is InChI=1S/C18H26FNO7/c19-9-12-8-13(20-10-11-4-2-1-3-5-11)17(24)18(25,16(12)23)27-15(22)7-6-14(21)26-17/h8,11,13,16,20,23-25H,1-7,9-10H2/t13-,16+,17+,18+/m1/s1. The molecule has 8 nitrogen and oxygen atoms in total. The van der Waals surface area contributed by atoms with Crippen molar-refractivity contribution in [2.45, 2.75) is 68.7 Å². The Hall–Kier alpha value is -1.55. The Labute approximate surface area is 156 Å². The molecule has 0 bridgehead atoms. The first-order valence-electron chi connectivity index (χ1n) is 9.36. The molecule has 0 radical (unpaired) electrons. The number of aliphatic hydroxyl groups is 3.